The molecule has 7 nitrogen and oxygen atoms in total. The summed E-state index contributed by atoms with van der Waals surface area (Å²) in [5, 5.41) is 4.81. The van der Waals surface area contributed by atoms with Crippen LogP contribution in [-0.2, 0) is 4.79 Å². The van der Waals surface area contributed by atoms with E-state index in [2.05, 4.69) is 64.9 Å². The van der Waals surface area contributed by atoms with Gasteiger partial charge in [0.15, 0.2) is 0 Å². The van der Waals surface area contributed by atoms with Crippen LogP contribution in [0, 0.1) is 13.8 Å². The van der Waals surface area contributed by atoms with Crippen LogP contribution in [0.25, 0.3) is 5.69 Å². The maximum Gasteiger partial charge on any atom is 0.236 e. The summed E-state index contributed by atoms with van der Waals surface area (Å²) in [6.45, 7) is 11.8. The van der Waals surface area contributed by atoms with Crippen LogP contribution < -0.4 is 9.80 Å². The van der Waals surface area contributed by atoms with Gasteiger partial charge in [-0.05, 0) is 38.1 Å². The first-order valence-corrected chi connectivity index (χ1v) is 12.3. The van der Waals surface area contributed by atoms with Crippen molar-refractivity contribution in [2.45, 2.75) is 13.8 Å². The van der Waals surface area contributed by atoms with E-state index in [9.17, 15) is 4.79 Å². The molecular weight excluding hydrogens is 424 g/mol. The second-order valence-corrected chi connectivity index (χ2v) is 9.23. The molecule has 5 rings (SSSR count). The summed E-state index contributed by atoms with van der Waals surface area (Å²) in [7, 11) is 0. The van der Waals surface area contributed by atoms with E-state index in [1.807, 2.05) is 33.8 Å². The molecule has 0 spiro atoms. The third-order valence-electron chi connectivity index (χ3n) is 7.05. The van der Waals surface area contributed by atoms with Crippen molar-refractivity contribution < 1.29 is 4.79 Å². The van der Waals surface area contributed by atoms with Gasteiger partial charge in [-0.2, -0.15) is 5.10 Å². The fraction of sp³-hybridized carbons (Fsp3) is 0.407. The molecule has 2 saturated heterocycles. The van der Waals surface area contributed by atoms with E-state index < -0.39 is 0 Å². The van der Waals surface area contributed by atoms with Crippen molar-refractivity contribution in [3.05, 3.63) is 72.1 Å². The molecule has 0 atom stereocenters. The topological polar surface area (TPSA) is 47.9 Å². The van der Waals surface area contributed by atoms with Crippen molar-refractivity contribution in [3.8, 4) is 5.69 Å². The number of para-hydroxylation sites is 2. The quantitative estimate of drug-likeness (QED) is 0.588. The van der Waals surface area contributed by atoms with Gasteiger partial charge in [0.25, 0.3) is 0 Å². The highest BCUT2D eigenvalue weighted by molar-refractivity contribution is 5.78. The van der Waals surface area contributed by atoms with Crippen LogP contribution in [-0.4, -0.2) is 84.4 Å². The number of benzene rings is 2. The lowest BCUT2D eigenvalue weighted by atomic mass is 10.2. The predicted octanol–water partition coefficient (Wildman–Crippen LogP) is 2.96. The van der Waals surface area contributed by atoms with Gasteiger partial charge in [-0.1, -0.05) is 36.4 Å². The molecule has 0 bridgehead atoms. The van der Waals surface area contributed by atoms with Gasteiger partial charge < -0.3 is 14.7 Å². The summed E-state index contributed by atoms with van der Waals surface area (Å²) in [6.07, 6.45) is 0. The van der Waals surface area contributed by atoms with Gasteiger partial charge in [0, 0.05) is 58.0 Å². The molecule has 2 aliphatic heterocycles. The Morgan fingerprint density at radius 2 is 1.29 bits per heavy atom. The molecule has 0 unspecified atom stereocenters. The number of aryl methyl sites for hydroxylation is 1. The van der Waals surface area contributed by atoms with E-state index in [0.717, 1.165) is 63.7 Å². The summed E-state index contributed by atoms with van der Waals surface area (Å²) in [5.74, 6) is 0.255. The van der Waals surface area contributed by atoms with E-state index in [4.69, 9.17) is 5.10 Å². The van der Waals surface area contributed by atoms with Gasteiger partial charge in [0.1, 0.15) is 0 Å². The number of carbonyl (C=O) groups excluding carboxylic acids is 1. The first kappa shape index (κ1) is 22.5. The molecular formula is C27H34N6O. The third-order valence-corrected chi connectivity index (χ3v) is 7.05. The minimum Gasteiger partial charge on any atom is -0.368 e. The number of hydrogen-bond donors (Lipinski definition) is 0. The van der Waals surface area contributed by atoms with Crippen molar-refractivity contribution >= 4 is 17.3 Å². The SMILES string of the molecule is Cc1nn(-c2ccccc2)c(C)c1N1CCN(CC(=O)N2CCN(c3ccccc3)CC2)CC1. The molecule has 0 N–H and O–H groups in total. The van der Waals surface area contributed by atoms with Crippen LogP contribution >= 0.6 is 0 Å². The highest BCUT2D eigenvalue weighted by atomic mass is 16.2. The van der Waals surface area contributed by atoms with E-state index >= 15 is 0 Å². The summed E-state index contributed by atoms with van der Waals surface area (Å²) < 4.78 is 2.04. The molecule has 0 aliphatic carbocycles. The summed E-state index contributed by atoms with van der Waals surface area (Å²) >= 11 is 0. The Bertz CT molecular complexity index is 1100. The van der Waals surface area contributed by atoms with Crippen molar-refractivity contribution in [2.75, 3.05) is 68.7 Å². The Labute approximate surface area is 202 Å². The highest BCUT2D eigenvalue weighted by Gasteiger charge is 2.27. The maximum atomic E-state index is 13.0. The van der Waals surface area contributed by atoms with E-state index in [-0.39, 0.29) is 5.91 Å². The van der Waals surface area contributed by atoms with Crippen LogP contribution in [0.15, 0.2) is 60.7 Å². The summed E-state index contributed by atoms with van der Waals surface area (Å²) in [4.78, 5) is 22.1. The number of hydrogen-bond acceptors (Lipinski definition) is 5. The zero-order valence-corrected chi connectivity index (χ0v) is 20.2. The first-order valence-electron chi connectivity index (χ1n) is 12.3. The Morgan fingerprint density at radius 3 is 1.91 bits per heavy atom. The average molecular weight is 459 g/mol. The third kappa shape index (κ3) is 4.66. The molecule has 2 aliphatic rings. The monoisotopic (exact) mass is 458 g/mol. The van der Waals surface area contributed by atoms with Gasteiger partial charge >= 0.3 is 0 Å². The van der Waals surface area contributed by atoms with E-state index in [1.165, 1.54) is 17.1 Å². The maximum absolute atomic E-state index is 13.0. The standard InChI is InChI=1S/C27H34N6O/c1-22-27(23(2)33(28-22)25-11-7-4-8-12-25)32-15-13-29(14-16-32)21-26(34)31-19-17-30(18-20-31)24-9-5-3-6-10-24/h3-12H,13-21H2,1-2H3. The number of anilines is 2. The molecule has 178 valence electrons. The Morgan fingerprint density at radius 1 is 0.735 bits per heavy atom. The molecule has 7 heteroatoms. The summed E-state index contributed by atoms with van der Waals surface area (Å²) in [6, 6.07) is 20.8. The van der Waals surface area contributed by atoms with Crippen molar-refractivity contribution in [1.29, 1.82) is 0 Å². The van der Waals surface area contributed by atoms with Gasteiger partial charge in [-0.3, -0.25) is 9.69 Å². The minimum atomic E-state index is 0.255. The molecule has 1 aromatic heterocycles. The predicted molar refractivity (Wildman–Crippen MR) is 137 cm³/mol. The van der Waals surface area contributed by atoms with Gasteiger partial charge in [0.2, 0.25) is 5.91 Å². The smallest absolute Gasteiger partial charge is 0.236 e. The average Bonchev–Trinajstić information content (AvgIpc) is 3.19. The second kappa shape index (κ2) is 9.89. The molecule has 0 saturated carbocycles. The van der Waals surface area contributed by atoms with Crippen LogP contribution in [0.2, 0.25) is 0 Å². The number of piperazine rings is 2. The first-order chi connectivity index (χ1) is 16.6. The highest BCUT2D eigenvalue weighted by Crippen LogP contribution is 2.27. The molecule has 34 heavy (non-hydrogen) atoms. The fourth-order valence-corrected chi connectivity index (χ4v) is 5.19. The summed E-state index contributed by atoms with van der Waals surface area (Å²) in [5.41, 5.74) is 5.79. The van der Waals surface area contributed by atoms with Crippen molar-refractivity contribution in [1.82, 2.24) is 19.6 Å². The number of nitrogens with zero attached hydrogens (tertiary/aromatic N) is 6. The Kier molecular flexibility index (Phi) is 6.54. The number of aromatic nitrogens is 2. The van der Waals surface area contributed by atoms with E-state index in [0.29, 0.717) is 6.54 Å². The molecule has 1 amide bonds. The number of carbonyl (C=O) groups is 1. The van der Waals surface area contributed by atoms with Gasteiger partial charge in [-0.25, -0.2) is 4.68 Å². The zero-order chi connectivity index (χ0) is 23.5. The normalized spacial score (nSPS) is 17.3. The largest absolute Gasteiger partial charge is 0.368 e. The van der Waals surface area contributed by atoms with Gasteiger partial charge in [0.05, 0.1) is 29.3 Å². The Balaban J connectivity index is 1.14. The molecule has 2 fully saturated rings. The van der Waals surface area contributed by atoms with Crippen LogP contribution in [0.4, 0.5) is 11.4 Å². The van der Waals surface area contributed by atoms with Crippen LogP contribution in [0.3, 0.4) is 0 Å². The molecule has 2 aromatic carbocycles. The lowest BCUT2D eigenvalue weighted by molar-refractivity contribution is -0.132. The number of amides is 1. The van der Waals surface area contributed by atoms with Crippen LogP contribution in [0.1, 0.15) is 11.4 Å². The molecule has 3 heterocycles. The van der Waals surface area contributed by atoms with E-state index in [1.54, 1.807) is 0 Å². The van der Waals surface area contributed by atoms with Crippen molar-refractivity contribution in [2.24, 2.45) is 0 Å². The Hall–Kier alpha value is -3.32. The fourth-order valence-electron chi connectivity index (χ4n) is 5.19. The van der Waals surface area contributed by atoms with Crippen LogP contribution in [0.5, 0.6) is 0 Å². The molecule has 0 radical (unpaired) electrons. The lowest BCUT2D eigenvalue weighted by Crippen LogP contribution is -2.54. The number of rotatable bonds is 5. The van der Waals surface area contributed by atoms with Crippen molar-refractivity contribution in [3.63, 3.8) is 0 Å². The van der Waals surface area contributed by atoms with Gasteiger partial charge in [-0.15, -0.1) is 0 Å². The minimum absolute atomic E-state index is 0.255. The second-order valence-electron chi connectivity index (χ2n) is 9.23. The molecule has 3 aromatic rings. The zero-order valence-electron chi connectivity index (χ0n) is 20.2. The lowest BCUT2D eigenvalue weighted by Gasteiger charge is -2.39.